The van der Waals surface area contributed by atoms with Gasteiger partial charge in [0.1, 0.15) is 0 Å². The number of likely N-dealkylation sites (N-methyl/N-ethyl adjacent to an activating group) is 1. The fourth-order valence-electron chi connectivity index (χ4n) is 3.84. The van der Waals surface area contributed by atoms with Crippen LogP contribution in [0.15, 0.2) is 54.6 Å². The van der Waals surface area contributed by atoms with Crippen molar-refractivity contribution >= 4 is 17.8 Å². The first-order valence-electron chi connectivity index (χ1n) is 9.74. The minimum atomic E-state index is -0.377. The molecule has 2 aliphatic rings. The summed E-state index contributed by atoms with van der Waals surface area (Å²) in [5, 5.41) is 2.51. The van der Waals surface area contributed by atoms with E-state index in [9.17, 15) is 14.4 Å². The molecule has 2 aromatic carbocycles. The maximum absolute atomic E-state index is 13.2. The van der Waals surface area contributed by atoms with E-state index in [0.717, 1.165) is 24.2 Å². The van der Waals surface area contributed by atoms with Gasteiger partial charge in [0.2, 0.25) is 5.91 Å². The molecule has 2 heterocycles. The van der Waals surface area contributed by atoms with Crippen LogP contribution in [-0.4, -0.2) is 65.8 Å². The molecule has 2 aliphatic heterocycles. The molecule has 2 aromatic rings. The van der Waals surface area contributed by atoms with E-state index >= 15 is 0 Å². The molecule has 2 fully saturated rings. The predicted molar refractivity (Wildman–Crippen MR) is 108 cm³/mol. The van der Waals surface area contributed by atoms with Crippen molar-refractivity contribution in [1.29, 1.82) is 0 Å². The molecular weight excluding hydrogens is 368 g/mol. The van der Waals surface area contributed by atoms with Crippen LogP contribution in [0.25, 0.3) is 0 Å². The van der Waals surface area contributed by atoms with Crippen molar-refractivity contribution in [2.45, 2.75) is 12.6 Å². The number of piperazine rings is 1. The zero-order valence-corrected chi connectivity index (χ0v) is 16.4. The third-order valence-corrected chi connectivity index (χ3v) is 5.51. The van der Waals surface area contributed by atoms with Crippen LogP contribution in [0, 0.1) is 0 Å². The SMILES string of the molecule is CN1CCN(C(=O)c2ccc(CN3C(=O)CNC3=O)cc2)C(c2ccccc2)C1. The van der Waals surface area contributed by atoms with Crippen molar-refractivity contribution in [2.24, 2.45) is 0 Å². The highest BCUT2D eigenvalue weighted by atomic mass is 16.2. The molecular formula is C22H24N4O3. The van der Waals surface area contributed by atoms with Gasteiger partial charge in [-0.05, 0) is 30.3 Å². The van der Waals surface area contributed by atoms with Crippen LogP contribution < -0.4 is 5.32 Å². The van der Waals surface area contributed by atoms with Gasteiger partial charge in [-0.2, -0.15) is 0 Å². The standard InChI is InChI=1S/C22H24N4O3/c1-24-11-12-25(19(15-24)17-5-3-2-4-6-17)21(28)18-9-7-16(8-10-18)14-26-20(27)13-23-22(26)29/h2-10,19H,11-15H2,1H3,(H,23,29). The summed E-state index contributed by atoms with van der Waals surface area (Å²) in [5.74, 6) is -0.244. The number of hydrogen-bond acceptors (Lipinski definition) is 4. The lowest BCUT2D eigenvalue weighted by molar-refractivity contribution is -0.125. The van der Waals surface area contributed by atoms with Gasteiger partial charge in [0.15, 0.2) is 0 Å². The Kier molecular flexibility index (Phi) is 5.31. The summed E-state index contributed by atoms with van der Waals surface area (Å²) < 4.78 is 0. The lowest BCUT2D eigenvalue weighted by Crippen LogP contribution is -2.49. The number of nitrogens with zero attached hydrogens (tertiary/aromatic N) is 3. The van der Waals surface area contributed by atoms with Gasteiger partial charge < -0.3 is 15.1 Å². The summed E-state index contributed by atoms with van der Waals surface area (Å²) >= 11 is 0. The van der Waals surface area contributed by atoms with E-state index in [2.05, 4.69) is 29.4 Å². The number of carbonyl (C=O) groups is 3. The van der Waals surface area contributed by atoms with E-state index in [0.29, 0.717) is 12.1 Å². The zero-order chi connectivity index (χ0) is 20.4. The van der Waals surface area contributed by atoms with E-state index in [1.165, 1.54) is 4.90 Å². The molecule has 29 heavy (non-hydrogen) atoms. The van der Waals surface area contributed by atoms with E-state index in [1.807, 2.05) is 23.1 Å². The molecule has 1 N–H and O–H groups in total. The molecule has 1 unspecified atom stereocenters. The summed E-state index contributed by atoms with van der Waals surface area (Å²) in [5.41, 5.74) is 2.55. The summed E-state index contributed by atoms with van der Waals surface area (Å²) in [4.78, 5) is 42.0. The van der Waals surface area contributed by atoms with Crippen molar-refractivity contribution in [3.8, 4) is 0 Å². The number of benzene rings is 2. The number of amides is 4. The molecule has 7 nitrogen and oxygen atoms in total. The molecule has 0 aromatic heterocycles. The van der Waals surface area contributed by atoms with Crippen molar-refractivity contribution in [2.75, 3.05) is 33.2 Å². The zero-order valence-electron chi connectivity index (χ0n) is 16.4. The van der Waals surface area contributed by atoms with Crippen molar-refractivity contribution < 1.29 is 14.4 Å². The average Bonchev–Trinajstić information content (AvgIpc) is 3.06. The highest BCUT2D eigenvalue weighted by Gasteiger charge is 2.31. The van der Waals surface area contributed by atoms with Gasteiger partial charge in [0.25, 0.3) is 5.91 Å². The fraction of sp³-hybridized carbons (Fsp3) is 0.318. The molecule has 2 saturated heterocycles. The van der Waals surface area contributed by atoms with Gasteiger partial charge in [0.05, 0.1) is 19.1 Å². The first-order valence-corrected chi connectivity index (χ1v) is 9.74. The summed E-state index contributed by atoms with van der Waals surface area (Å²) in [7, 11) is 2.07. The van der Waals surface area contributed by atoms with E-state index in [1.54, 1.807) is 24.3 Å². The molecule has 0 aliphatic carbocycles. The minimum Gasteiger partial charge on any atom is -0.329 e. The highest BCUT2D eigenvalue weighted by Crippen LogP contribution is 2.26. The average molecular weight is 392 g/mol. The summed E-state index contributed by atoms with van der Waals surface area (Å²) in [6.07, 6.45) is 0. The van der Waals surface area contributed by atoms with E-state index in [4.69, 9.17) is 0 Å². The number of imide groups is 1. The number of urea groups is 1. The molecule has 0 bridgehead atoms. The third-order valence-electron chi connectivity index (χ3n) is 5.51. The first kappa shape index (κ1) is 19.1. The van der Waals surface area contributed by atoms with Gasteiger partial charge in [-0.3, -0.25) is 14.5 Å². The number of carbonyl (C=O) groups excluding carboxylic acids is 3. The monoisotopic (exact) mass is 392 g/mol. The van der Waals surface area contributed by atoms with Crippen LogP contribution >= 0.6 is 0 Å². The predicted octanol–water partition coefficient (Wildman–Crippen LogP) is 1.87. The van der Waals surface area contributed by atoms with Crippen molar-refractivity contribution in [3.05, 3.63) is 71.3 Å². The lowest BCUT2D eigenvalue weighted by Gasteiger charge is -2.40. The molecule has 0 radical (unpaired) electrons. The Morgan fingerprint density at radius 2 is 1.76 bits per heavy atom. The Bertz CT molecular complexity index is 897. The second kappa shape index (κ2) is 8.05. The maximum Gasteiger partial charge on any atom is 0.324 e. The number of hydrogen-bond donors (Lipinski definition) is 1. The number of nitrogens with one attached hydrogen (secondary N) is 1. The van der Waals surface area contributed by atoms with Crippen LogP contribution in [-0.2, 0) is 11.3 Å². The Hall–Kier alpha value is -3.19. The Morgan fingerprint density at radius 3 is 2.41 bits per heavy atom. The number of rotatable bonds is 4. The molecule has 7 heteroatoms. The summed E-state index contributed by atoms with van der Waals surface area (Å²) in [6.45, 7) is 2.54. The van der Waals surface area contributed by atoms with Crippen LogP contribution in [0.3, 0.4) is 0 Å². The minimum absolute atomic E-state index is 0.00602. The van der Waals surface area contributed by atoms with Crippen LogP contribution in [0.4, 0.5) is 4.79 Å². The van der Waals surface area contributed by atoms with E-state index in [-0.39, 0.29) is 37.0 Å². The lowest BCUT2D eigenvalue weighted by atomic mass is 10.0. The van der Waals surface area contributed by atoms with Crippen LogP contribution in [0.2, 0.25) is 0 Å². The van der Waals surface area contributed by atoms with Gasteiger partial charge in [-0.15, -0.1) is 0 Å². The molecule has 0 saturated carbocycles. The van der Waals surface area contributed by atoms with Gasteiger partial charge in [-0.25, -0.2) is 4.79 Å². The Morgan fingerprint density at radius 1 is 1.03 bits per heavy atom. The molecule has 1 atom stereocenters. The smallest absolute Gasteiger partial charge is 0.324 e. The molecule has 4 rings (SSSR count). The second-order valence-corrected chi connectivity index (χ2v) is 7.52. The molecule has 0 spiro atoms. The first-order chi connectivity index (χ1) is 14.0. The van der Waals surface area contributed by atoms with Crippen molar-refractivity contribution in [1.82, 2.24) is 20.0 Å². The largest absolute Gasteiger partial charge is 0.329 e. The Balaban J connectivity index is 1.50. The quantitative estimate of drug-likeness (QED) is 0.807. The normalized spacial score (nSPS) is 20.1. The van der Waals surface area contributed by atoms with Crippen LogP contribution in [0.5, 0.6) is 0 Å². The van der Waals surface area contributed by atoms with Gasteiger partial charge in [-0.1, -0.05) is 42.5 Å². The maximum atomic E-state index is 13.2. The summed E-state index contributed by atoms with van der Waals surface area (Å²) in [6, 6.07) is 16.9. The third kappa shape index (κ3) is 4.00. The highest BCUT2D eigenvalue weighted by molar-refractivity contribution is 6.01. The molecule has 4 amide bonds. The fourth-order valence-corrected chi connectivity index (χ4v) is 3.84. The van der Waals surface area contributed by atoms with Crippen molar-refractivity contribution in [3.63, 3.8) is 0 Å². The Labute approximate surface area is 169 Å². The van der Waals surface area contributed by atoms with Gasteiger partial charge >= 0.3 is 6.03 Å². The van der Waals surface area contributed by atoms with Gasteiger partial charge in [0, 0.05) is 25.2 Å². The second-order valence-electron chi connectivity index (χ2n) is 7.52. The van der Waals surface area contributed by atoms with Crippen LogP contribution in [0.1, 0.15) is 27.5 Å². The molecule has 150 valence electrons. The van der Waals surface area contributed by atoms with E-state index < -0.39 is 0 Å². The topological polar surface area (TPSA) is 73.0 Å².